The lowest BCUT2D eigenvalue weighted by molar-refractivity contribution is 0.0207. The van der Waals surface area contributed by atoms with Crippen LogP contribution in [0.3, 0.4) is 0 Å². The molecule has 0 saturated heterocycles. The Morgan fingerprint density at radius 1 is 1.22 bits per heavy atom. The van der Waals surface area contributed by atoms with Crippen molar-refractivity contribution in [3.05, 3.63) is 29.8 Å². The van der Waals surface area contributed by atoms with Crippen molar-refractivity contribution in [2.45, 2.75) is 44.2 Å². The van der Waals surface area contributed by atoms with Gasteiger partial charge in [0.15, 0.2) is 0 Å². The molecular formula is C15H25NOS. The van der Waals surface area contributed by atoms with E-state index in [9.17, 15) is 0 Å². The van der Waals surface area contributed by atoms with E-state index in [1.165, 1.54) is 10.5 Å². The molecule has 0 spiro atoms. The van der Waals surface area contributed by atoms with Crippen molar-refractivity contribution in [3.8, 4) is 0 Å². The molecule has 2 nitrogen and oxygen atoms in total. The molecule has 0 aliphatic heterocycles. The predicted octanol–water partition coefficient (Wildman–Crippen LogP) is 3.70. The van der Waals surface area contributed by atoms with E-state index in [4.69, 9.17) is 4.74 Å². The van der Waals surface area contributed by atoms with Gasteiger partial charge in [-0.05, 0) is 44.5 Å². The highest BCUT2D eigenvalue weighted by molar-refractivity contribution is 7.99. The van der Waals surface area contributed by atoms with Crippen LogP contribution in [0.25, 0.3) is 0 Å². The molecule has 1 aromatic rings. The van der Waals surface area contributed by atoms with Crippen molar-refractivity contribution in [2.24, 2.45) is 0 Å². The van der Waals surface area contributed by atoms with Crippen LogP contribution in [0.15, 0.2) is 29.2 Å². The Kier molecular flexibility index (Phi) is 6.76. The topological polar surface area (TPSA) is 21.3 Å². The quantitative estimate of drug-likeness (QED) is 0.726. The van der Waals surface area contributed by atoms with E-state index in [2.05, 4.69) is 50.4 Å². The van der Waals surface area contributed by atoms with Crippen molar-refractivity contribution >= 4 is 11.8 Å². The summed E-state index contributed by atoms with van der Waals surface area (Å²) in [6, 6.07) is 8.81. The lowest BCUT2D eigenvalue weighted by Crippen LogP contribution is -2.22. The molecule has 0 aliphatic rings. The first kappa shape index (κ1) is 15.5. The summed E-state index contributed by atoms with van der Waals surface area (Å²) in [7, 11) is 1.78. The Morgan fingerprint density at radius 3 is 2.44 bits per heavy atom. The summed E-state index contributed by atoms with van der Waals surface area (Å²) in [5.74, 6) is 1.09. The molecule has 1 aromatic carbocycles. The first-order valence-corrected chi connectivity index (χ1v) is 7.53. The first-order valence-electron chi connectivity index (χ1n) is 6.55. The lowest BCUT2D eigenvalue weighted by Gasteiger charge is -2.22. The van der Waals surface area contributed by atoms with E-state index in [0.29, 0.717) is 0 Å². The maximum Gasteiger partial charge on any atom is 0.0630 e. The zero-order valence-corrected chi connectivity index (χ0v) is 12.8. The molecule has 0 atom stereocenters. The summed E-state index contributed by atoms with van der Waals surface area (Å²) in [5.41, 5.74) is 1.33. The number of ether oxygens (including phenoxy) is 1. The Balaban J connectivity index is 2.35. The van der Waals surface area contributed by atoms with Gasteiger partial charge in [0.1, 0.15) is 0 Å². The number of benzene rings is 1. The monoisotopic (exact) mass is 267 g/mol. The number of nitrogens with one attached hydrogen (secondary N) is 1. The largest absolute Gasteiger partial charge is 0.379 e. The van der Waals surface area contributed by atoms with Crippen molar-refractivity contribution in [2.75, 3.05) is 19.4 Å². The molecule has 0 radical (unpaired) electrons. The number of hydrogen-bond donors (Lipinski definition) is 1. The molecule has 0 fully saturated rings. The molecule has 0 heterocycles. The highest BCUT2D eigenvalue weighted by atomic mass is 32.2. The van der Waals surface area contributed by atoms with Gasteiger partial charge >= 0.3 is 0 Å². The van der Waals surface area contributed by atoms with Crippen LogP contribution < -0.4 is 5.32 Å². The molecule has 18 heavy (non-hydrogen) atoms. The minimum absolute atomic E-state index is 0.0159. The van der Waals surface area contributed by atoms with Crippen LogP contribution in [0.5, 0.6) is 0 Å². The van der Waals surface area contributed by atoms with Gasteiger partial charge in [-0.2, -0.15) is 0 Å². The van der Waals surface area contributed by atoms with Gasteiger partial charge < -0.3 is 10.1 Å². The van der Waals surface area contributed by atoms with Crippen LogP contribution in [-0.2, 0) is 11.3 Å². The van der Waals surface area contributed by atoms with Gasteiger partial charge in [-0.1, -0.05) is 19.1 Å². The molecule has 0 aliphatic carbocycles. The second kappa shape index (κ2) is 7.82. The summed E-state index contributed by atoms with van der Waals surface area (Å²) in [5, 5.41) is 3.33. The first-order chi connectivity index (χ1) is 8.57. The van der Waals surface area contributed by atoms with Crippen molar-refractivity contribution in [1.82, 2.24) is 5.32 Å². The summed E-state index contributed by atoms with van der Waals surface area (Å²) in [4.78, 5) is 1.34. The van der Waals surface area contributed by atoms with Crippen molar-refractivity contribution in [1.29, 1.82) is 0 Å². The maximum atomic E-state index is 5.42. The summed E-state index contributed by atoms with van der Waals surface area (Å²) in [6.07, 6.45) is 1.06. The average Bonchev–Trinajstić information content (AvgIpc) is 2.38. The molecule has 3 heteroatoms. The van der Waals surface area contributed by atoms with E-state index < -0.39 is 0 Å². The normalized spacial score (nSPS) is 11.8. The molecule has 1 rings (SSSR count). The van der Waals surface area contributed by atoms with Crippen LogP contribution in [0.2, 0.25) is 0 Å². The molecule has 0 unspecified atom stereocenters. The van der Waals surface area contributed by atoms with Gasteiger partial charge in [0.2, 0.25) is 0 Å². The van der Waals surface area contributed by atoms with Crippen molar-refractivity contribution in [3.63, 3.8) is 0 Å². The Morgan fingerprint density at radius 2 is 1.89 bits per heavy atom. The molecule has 102 valence electrons. The smallest absolute Gasteiger partial charge is 0.0630 e. The highest BCUT2D eigenvalue weighted by Crippen LogP contribution is 2.23. The fraction of sp³-hybridized carbons (Fsp3) is 0.600. The number of thioether (sulfide) groups is 1. The Bertz CT molecular complexity index is 335. The zero-order valence-electron chi connectivity index (χ0n) is 12.0. The van der Waals surface area contributed by atoms with Crippen LogP contribution in [0.4, 0.5) is 0 Å². The minimum Gasteiger partial charge on any atom is -0.379 e. The zero-order chi connectivity index (χ0) is 13.4. The molecule has 0 amide bonds. The maximum absolute atomic E-state index is 5.42. The summed E-state index contributed by atoms with van der Waals surface area (Å²) >= 11 is 1.89. The standard InChI is InChI=1S/C15H25NOS/c1-5-16-12-13-6-8-14(9-7-13)18-11-10-15(2,3)17-4/h6-9,16H,5,10-12H2,1-4H3. The SMILES string of the molecule is CCNCc1ccc(SCCC(C)(C)OC)cc1. The van der Waals surface area contributed by atoms with Crippen LogP contribution in [-0.4, -0.2) is 25.0 Å². The molecule has 0 bridgehead atoms. The Hall–Kier alpha value is -0.510. The van der Waals surface area contributed by atoms with E-state index in [-0.39, 0.29) is 5.60 Å². The van der Waals surface area contributed by atoms with Gasteiger partial charge in [-0.3, -0.25) is 0 Å². The third-order valence-corrected chi connectivity index (χ3v) is 4.04. The highest BCUT2D eigenvalue weighted by Gasteiger charge is 2.15. The minimum atomic E-state index is -0.0159. The van der Waals surface area contributed by atoms with E-state index in [0.717, 1.165) is 25.3 Å². The summed E-state index contributed by atoms with van der Waals surface area (Å²) < 4.78 is 5.42. The predicted molar refractivity (Wildman–Crippen MR) is 80.3 cm³/mol. The number of methoxy groups -OCH3 is 1. The second-order valence-electron chi connectivity index (χ2n) is 4.99. The number of rotatable bonds is 8. The average molecular weight is 267 g/mol. The van der Waals surface area contributed by atoms with Crippen LogP contribution in [0, 0.1) is 0 Å². The fourth-order valence-corrected chi connectivity index (χ4v) is 2.65. The Labute approximate surface area is 116 Å². The third kappa shape index (κ3) is 5.89. The number of hydrogen-bond acceptors (Lipinski definition) is 3. The third-order valence-electron chi connectivity index (χ3n) is 3.03. The summed E-state index contributed by atoms with van der Waals surface area (Å²) in [6.45, 7) is 8.36. The van der Waals surface area contributed by atoms with E-state index in [1.54, 1.807) is 7.11 Å². The van der Waals surface area contributed by atoms with E-state index >= 15 is 0 Å². The second-order valence-corrected chi connectivity index (χ2v) is 6.15. The van der Waals surface area contributed by atoms with Gasteiger partial charge in [0.05, 0.1) is 5.60 Å². The van der Waals surface area contributed by atoms with E-state index in [1.807, 2.05) is 11.8 Å². The van der Waals surface area contributed by atoms with Gasteiger partial charge in [-0.15, -0.1) is 11.8 Å². The van der Waals surface area contributed by atoms with Crippen LogP contribution >= 0.6 is 11.8 Å². The lowest BCUT2D eigenvalue weighted by atomic mass is 10.1. The van der Waals surface area contributed by atoms with Gasteiger partial charge in [-0.25, -0.2) is 0 Å². The molecular weight excluding hydrogens is 242 g/mol. The fourth-order valence-electron chi connectivity index (χ4n) is 1.49. The van der Waals surface area contributed by atoms with Gasteiger partial charge in [0.25, 0.3) is 0 Å². The molecule has 1 N–H and O–H groups in total. The van der Waals surface area contributed by atoms with Gasteiger partial charge in [0, 0.05) is 24.3 Å². The molecule has 0 aromatic heterocycles. The molecule has 0 saturated carbocycles. The van der Waals surface area contributed by atoms with Crippen LogP contribution in [0.1, 0.15) is 32.8 Å². The van der Waals surface area contributed by atoms with Crippen molar-refractivity contribution < 1.29 is 4.74 Å².